The minimum Gasteiger partial charge on any atom is -0.355 e. The second-order valence-electron chi connectivity index (χ2n) is 7.46. The van der Waals surface area contributed by atoms with Gasteiger partial charge in [-0.1, -0.05) is 44.5 Å². The molecule has 0 saturated carbocycles. The van der Waals surface area contributed by atoms with Crippen molar-refractivity contribution in [2.45, 2.75) is 45.4 Å². The summed E-state index contributed by atoms with van der Waals surface area (Å²) in [6.45, 7) is 9.24. The van der Waals surface area contributed by atoms with E-state index in [1.54, 1.807) is 0 Å². The first kappa shape index (κ1) is 21.3. The summed E-state index contributed by atoms with van der Waals surface area (Å²) in [6, 6.07) is 7.87. The van der Waals surface area contributed by atoms with Crippen molar-refractivity contribution in [3.8, 4) is 0 Å². The van der Waals surface area contributed by atoms with Gasteiger partial charge in [0.05, 0.1) is 0 Å². The van der Waals surface area contributed by atoms with Gasteiger partial charge in [-0.15, -0.1) is 12.4 Å². The van der Waals surface area contributed by atoms with Crippen molar-refractivity contribution in [2.24, 2.45) is 11.8 Å². The highest BCUT2D eigenvalue weighted by Crippen LogP contribution is 2.25. The number of carbonyl (C=O) groups is 1. The van der Waals surface area contributed by atoms with E-state index in [1.807, 2.05) is 18.2 Å². The fraction of sp³-hybridized carbons (Fsp3) is 0.632. The fourth-order valence-corrected chi connectivity index (χ4v) is 3.42. The zero-order valence-electron chi connectivity index (χ0n) is 14.9. The minimum atomic E-state index is -0.129. The lowest BCUT2D eigenvalue weighted by molar-refractivity contribution is -0.122. The zero-order valence-corrected chi connectivity index (χ0v) is 16.5. The lowest BCUT2D eigenvalue weighted by Crippen LogP contribution is -2.39. The molecule has 136 valence electrons. The molecule has 3 nitrogen and oxygen atoms in total. The molecule has 1 aromatic carbocycles. The molecule has 1 fully saturated rings. The van der Waals surface area contributed by atoms with Crippen molar-refractivity contribution < 1.29 is 4.79 Å². The second-order valence-corrected chi connectivity index (χ2v) is 7.90. The summed E-state index contributed by atoms with van der Waals surface area (Å²) in [5.41, 5.74) is 1.02. The Kier molecular flexibility index (Phi) is 8.55. The lowest BCUT2D eigenvalue weighted by Gasteiger charge is -2.29. The summed E-state index contributed by atoms with van der Waals surface area (Å²) in [7, 11) is 0. The molecule has 2 atom stereocenters. The maximum absolute atomic E-state index is 12.3. The highest BCUT2D eigenvalue weighted by molar-refractivity contribution is 6.30. The molecule has 24 heavy (non-hydrogen) atoms. The van der Waals surface area contributed by atoms with Crippen LogP contribution < -0.4 is 10.6 Å². The van der Waals surface area contributed by atoms with Crippen LogP contribution in [0.1, 0.15) is 45.6 Å². The van der Waals surface area contributed by atoms with E-state index in [-0.39, 0.29) is 23.7 Å². The Morgan fingerprint density at radius 1 is 1.46 bits per heavy atom. The van der Waals surface area contributed by atoms with Gasteiger partial charge < -0.3 is 10.6 Å². The summed E-state index contributed by atoms with van der Waals surface area (Å²) in [4.78, 5) is 12.3. The first-order valence-corrected chi connectivity index (χ1v) is 9.00. The highest BCUT2D eigenvalue weighted by atomic mass is 35.5. The molecule has 2 rings (SSSR count). The third-order valence-electron chi connectivity index (χ3n) is 4.98. The van der Waals surface area contributed by atoms with Gasteiger partial charge in [0.1, 0.15) is 0 Å². The van der Waals surface area contributed by atoms with Crippen LogP contribution in [0.3, 0.4) is 0 Å². The number of nitrogens with one attached hydrogen (secondary N) is 2. The van der Waals surface area contributed by atoms with E-state index in [2.05, 4.69) is 37.5 Å². The van der Waals surface area contributed by atoms with Crippen molar-refractivity contribution in [1.82, 2.24) is 10.6 Å². The summed E-state index contributed by atoms with van der Waals surface area (Å²) < 4.78 is 0. The van der Waals surface area contributed by atoms with Crippen LogP contribution in [-0.2, 0) is 10.2 Å². The second kappa shape index (κ2) is 9.65. The summed E-state index contributed by atoms with van der Waals surface area (Å²) >= 11 is 6.08. The topological polar surface area (TPSA) is 41.1 Å². The number of hydrogen-bond acceptors (Lipinski definition) is 2. The van der Waals surface area contributed by atoms with Crippen molar-refractivity contribution in [2.75, 3.05) is 19.6 Å². The third kappa shape index (κ3) is 6.27. The molecule has 2 N–H and O–H groups in total. The molecule has 1 aliphatic heterocycles. The standard InChI is InChI=1S/C19H29ClN2O.ClH/c1-14(15-6-5-9-21-12-15)10-18(23)22-13-19(2,3)16-7-4-8-17(20)11-16;/h4,7-8,11,14-15,21H,5-6,9-10,12-13H2,1-3H3,(H,22,23);1H. The summed E-state index contributed by atoms with van der Waals surface area (Å²) in [5, 5.41) is 7.27. The van der Waals surface area contributed by atoms with E-state index < -0.39 is 0 Å². The molecule has 1 aliphatic rings. The van der Waals surface area contributed by atoms with Gasteiger partial charge in [-0.25, -0.2) is 0 Å². The Labute approximate surface area is 157 Å². The van der Waals surface area contributed by atoms with Gasteiger partial charge in [0.25, 0.3) is 0 Å². The first-order valence-electron chi connectivity index (χ1n) is 8.62. The smallest absolute Gasteiger partial charge is 0.220 e. The van der Waals surface area contributed by atoms with Crippen molar-refractivity contribution in [1.29, 1.82) is 0 Å². The Bertz CT molecular complexity index is 528. The third-order valence-corrected chi connectivity index (χ3v) is 5.22. The number of halogens is 2. The Morgan fingerprint density at radius 3 is 2.83 bits per heavy atom. The number of carbonyl (C=O) groups excluding carboxylic acids is 1. The Balaban J connectivity index is 0.00000288. The molecule has 0 aliphatic carbocycles. The first-order chi connectivity index (χ1) is 10.9. The zero-order chi connectivity index (χ0) is 16.9. The molecule has 0 bridgehead atoms. The average molecular weight is 373 g/mol. The molecule has 1 aromatic rings. The van der Waals surface area contributed by atoms with E-state index in [9.17, 15) is 4.79 Å². The van der Waals surface area contributed by atoms with E-state index in [0.717, 1.165) is 23.7 Å². The van der Waals surface area contributed by atoms with E-state index in [1.165, 1.54) is 12.8 Å². The van der Waals surface area contributed by atoms with E-state index >= 15 is 0 Å². The van der Waals surface area contributed by atoms with Crippen LogP contribution in [0.15, 0.2) is 24.3 Å². The molecule has 5 heteroatoms. The molecule has 1 heterocycles. The number of hydrogen-bond donors (Lipinski definition) is 2. The van der Waals surface area contributed by atoms with Gasteiger partial charge in [-0.3, -0.25) is 4.79 Å². The van der Waals surface area contributed by atoms with Crippen LogP contribution in [-0.4, -0.2) is 25.5 Å². The van der Waals surface area contributed by atoms with Gasteiger partial charge in [0.2, 0.25) is 5.91 Å². The van der Waals surface area contributed by atoms with Crippen LogP contribution in [0.25, 0.3) is 0 Å². The Morgan fingerprint density at radius 2 is 2.21 bits per heavy atom. The predicted octanol–water partition coefficient (Wildman–Crippen LogP) is 4.18. The lowest BCUT2D eigenvalue weighted by atomic mass is 9.83. The van der Waals surface area contributed by atoms with Crippen molar-refractivity contribution in [3.63, 3.8) is 0 Å². The number of amides is 1. The van der Waals surface area contributed by atoms with Gasteiger partial charge in [0, 0.05) is 23.4 Å². The van der Waals surface area contributed by atoms with E-state index in [4.69, 9.17) is 11.6 Å². The number of rotatable bonds is 6. The minimum absolute atomic E-state index is 0. The molecule has 2 unspecified atom stereocenters. The van der Waals surface area contributed by atoms with Crippen molar-refractivity contribution >= 4 is 29.9 Å². The Hall–Kier alpha value is -0.770. The normalized spacial score (nSPS) is 19.2. The molecule has 0 aromatic heterocycles. The van der Waals surface area contributed by atoms with E-state index in [0.29, 0.717) is 24.8 Å². The monoisotopic (exact) mass is 372 g/mol. The van der Waals surface area contributed by atoms with Gasteiger partial charge in [0.15, 0.2) is 0 Å². The quantitative estimate of drug-likeness (QED) is 0.785. The van der Waals surface area contributed by atoms with Crippen molar-refractivity contribution in [3.05, 3.63) is 34.9 Å². The molecule has 1 saturated heterocycles. The molecular formula is C19H30Cl2N2O. The van der Waals surface area contributed by atoms with Crippen LogP contribution in [0.5, 0.6) is 0 Å². The van der Waals surface area contributed by atoms with Gasteiger partial charge in [-0.2, -0.15) is 0 Å². The summed E-state index contributed by atoms with van der Waals surface area (Å²) in [6.07, 6.45) is 3.06. The molecular weight excluding hydrogens is 343 g/mol. The largest absolute Gasteiger partial charge is 0.355 e. The molecule has 0 spiro atoms. The van der Waals surface area contributed by atoms with Crippen LogP contribution in [0, 0.1) is 11.8 Å². The van der Waals surface area contributed by atoms with Crippen LogP contribution in [0.4, 0.5) is 0 Å². The SMILES string of the molecule is CC(CC(=O)NCC(C)(C)c1cccc(Cl)c1)C1CCCNC1.Cl. The van der Waals surface area contributed by atoms with Gasteiger partial charge >= 0.3 is 0 Å². The maximum Gasteiger partial charge on any atom is 0.220 e. The van der Waals surface area contributed by atoms with Crippen LogP contribution in [0.2, 0.25) is 5.02 Å². The summed E-state index contributed by atoms with van der Waals surface area (Å²) in [5.74, 6) is 1.20. The highest BCUT2D eigenvalue weighted by Gasteiger charge is 2.24. The fourth-order valence-electron chi connectivity index (χ4n) is 3.23. The molecule has 0 radical (unpaired) electrons. The number of piperidine rings is 1. The molecule has 1 amide bonds. The average Bonchev–Trinajstić information content (AvgIpc) is 2.54. The number of benzene rings is 1. The maximum atomic E-state index is 12.3. The predicted molar refractivity (Wildman–Crippen MR) is 104 cm³/mol. The van der Waals surface area contributed by atoms with Crippen LogP contribution >= 0.6 is 24.0 Å². The van der Waals surface area contributed by atoms with Gasteiger partial charge in [-0.05, 0) is 55.5 Å².